The third-order valence-corrected chi connectivity index (χ3v) is 5.35. The first kappa shape index (κ1) is 28.1. The number of carbonyl (C=O) groups is 1. The third-order valence-electron chi connectivity index (χ3n) is 4.73. The van der Waals surface area contributed by atoms with Gasteiger partial charge in [0.15, 0.2) is 5.71 Å². The number of piperazine rings is 1. The van der Waals surface area contributed by atoms with Crippen LogP contribution >= 0.6 is 23.2 Å². The molecule has 0 N–H and O–H groups in total. The lowest BCUT2D eigenvalue weighted by Gasteiger charge is -2.37. The van der Waals surface area contributed by atoms with Gasteiger partial charge in [-0.3, -0.25) is 9.80 Å². The molecule has 1 amide bonds. The van der Waals surface area contributed by atoms with E-state index in [1.165, 1.54) is 0 Å². The van der Waals surface area contributed by atoms with Gasteiger partial charge in [0.25, 0.3) is 0 Å². The number of rotatable bonds is 8. The highest BCUT2D eigenvalue weighted by atomic mass is 35.5. The average molecular weight is 497 g/mol. The van der Waals surface area contributed by atoms with Crippen LogP contribution in [0.3, 0.4) is 0 Å². The van der Waals surface area contributed by atoms with E-state index in [1.807, 2.05) is 18.2 Å². The van der Waals surface area contributed by atoms with Gasteiger partial charge < -0.3 is 14.5 Å². The first-order chi connectivity index (χ1) is 15.2. The molecular formula is C21H29Cl2F3N4O2. The number of likely N-dealkylation sites (N-methyl/N-ethyl adjacent to an activating group) is 1. The molecule has 11 heteroatoms. The normalized spacial score (nSPS) is 14.7. The van der Waals surface area contributed by atoms with Crippen molar-refractivity contribution >= 4 is 40.5 Å². The Kier molecular flexibility index (Phi) is 11.9. The Hall–Kier alpha value is -1.97. The highest BCUT2D eigenvalue weighted by Gasteiger charge is 2.36. The van der Waals surface area contributed by atoms with E-state index in [4.69, 9.17) is 27.9 Å². The van der Waals surface area contributed by atoms with E-state index >= 15 is 0 Å². The number of amides is 1. The van der Waals surface area contributed by atoms with E-state index in [2.05, 4.69) is 23.2 Å². The van der Waals surface area contributed by atoms with Crippen LogP contribution in [0.4, 0.5) is 18.9 Å². The molecule has 1 aliphatic heterocycles. The van der Waals surface area contributed by atoms with Gasteiger partial charge in [-0.05, 0) is 30.7 Å². The van der Waals surface area contributed by atoms with Gasteiger partial charge in [-0.1, -0.05) is 11.6 Å². The topological polar surface area (TPSA) is 48.4 Å². The molecule has 1 aromatic rings. The zero-order valence-corrected chi connectivity index (χ0v) is 19.8. The molecule has 0 radical (unpaired) electrons. The van der Waals surface area contributed by atoms with Crippen LogP contribution in [0.2, 0.25) is 5.02 Å². The van der Waals surface area contributed by atoms with Crippen molar-refractivity contribution in [2.24, 2.45) is 5.10 Å². The van der Waals surface area contributed by atoms with Gasteiger partial charge in [0.1, 0.15) is 6.54 Å². The lowest BCUT2D eigenvalue weighted by molar-refractivity contribution is -0.132. The molecule has 1 aromatic carbocycles. The predicted molar refractivity (Wildman–Crippen MR) is 124 cm³/mol. The summed E-state index contributed by atoms with van der Waals surface area (Å²) in [6, 6.07) is 5.69. The summed E-state index contributed by atoms with van der Waals surface area (Å²) in [7, 11) is 1.60. The van der Waals surface area contributed by atoms with Crippen LogP contribution in [-0.2, 0) is 16.1 Å². The zero-order valence-electron chi connectivity index (χ0n) is 18.3. The maximum absolute atomic E-state index is 12.9. The Bertz CT molecular complexity index is 770. The van der Waals surface area contributed by atoms with E-state index in [9.17, 15) is 18.0 Å². The smallest absolute Gasteiger partial charge is 0.380 e. The SMILES string of the molecule is C=C.CCN(CC(=O)N1CCN(c2ccc(Cl)c(COC)c2)CC1)/N=C(\CCl)C(F)(F)F. The third kappa shape index (κ3) is 8.18. The molecule has 0 atom stereocenters. The summed E-state index contributed by atoms with van der Waals surface area (Å²) < 4.78 is 43.7. The summed E-state index contributed by atoms with van der Waals surface area (Å²) in [6.07, 6.45) is -4.62. The molecular weight excluding hydrogens is 468 g/mol. The number of alkyl halides is 4. The van der Waals surface area contributed by atoms with Crippen molar-refractivity contribution in [1.82, 2.24) is 9.91 Å². The molecule has 0 aromatic heterocycles. The maximum Gasteiger partial charge on any atom is 0.432 e. The molecule has 180 valence electrons. The van der Waals surface area contributed by atoms with Crippen LogP contribution in [0.15, 0.2) is 36.5 Å². The Balaban J connectivity index is 0.00000249. The van der Waals surface area contributed by atoms with E-state index in [0.717, 1.165) is 16.3 Å². The molecule has 0 spiro atoms. The first-order valence-electron chi connectivity index (χ1n) is 9.95. The van der Waals surface area contributed by atoms with Crippen molar-refractivity contribution in [1.29, 1.82) is 0 Å². The molecule has 6 nitrogen and oxygen atoms in total. The second-order valence-corrected chi connectivity index (χ2v) is 7.41. The Morgan fingerprint density at radius 3 is 2.38 bits per heavy atom. The van der Waals surface area contributed by atoms with Crippen LogP contribution in [-0.4, -0.2) is 80.0 Å². The van der Waals surface area contributed by atoms with Crippen molar-refractivity contribution in [3.8, 4) is 0 Å². The molecule has 1 saturated heterocycles. The summed E-state index contributed by atoms with van der Waals surface area (Å²) in [5.74, 6) is -1.04. The number of carbonyl (C=O) groups excluding carboxylic acids is 1. The molecule has 32 heavy (non-hydrogen) atoms. The Labute approximate surface area is 197 Å². The van der Waals surface area contributed by atoms with Crippen molar-refractivity contribution in [2.45, 2.75) is 19.7 Å². The molecule has 2 rings (SSSR count). The van der Waals surface area contributed by atoms with E-state index < -0.39 is 17.8 Å². The van der Waals surface area contributed by atoms with Crippen LogP contribution in [0, 0.1) is 0 Å². The quantitative estimate of drug-likeness (QED) is 0.231. The number of halogens is 5. The minimum absolute atomic E-state index is 0.162. The summed E-state index contributed by atoms with van der Waals surface area (Å²) >= 11 is 11.5. The van der Waals surface area contributed by atoms with Gasteiger partial charge in [0.2, 0.25) is 5.91 Å². The highest BCUT2D eigenvalue weighted by molar-refractivity contribution is 6.31. The largest absolute Gasteiger partial charge is 0.432 e. The van der Waals surface area contributed by atoms with Crippen LogP contribution in [0.25, 0.3) is 0 Å². The van der Waals surface area contributed by atoms with Crippen molar-refractivity contribution in [3.05, 3.63) is 41.9 Å². The summed E-state index contributed by atoms with van der Waals surface area (Å²) in [5, 5.41) is 5.25. The first-order valence-corrected chi connectivity index (χ1v) is 10.9. The second kappa shape index (κ2) is 13.5. The lowest BCUT2D eigenvalue weighted by atomic mass is 10.1. The van der Waals surface area contributed by atoms with Gasteiger partial charge >= 0.3 is 6.18 Å². The van der Waals surface area contributed by atoms with Crippen molar-refractivity contribution in [2.75, 3.05) is 57.2 Å². The minimum atomic E-state index is -4.62. The van der Waals surface area contributed by atoms with E-state index in [0.29, 0.717) is 37.8 Å². The number of hydrazone groups is 1. The zero-order chi connectivity index (χ0) is 24.3. The molecule has 0 bridgehead atoms. The molecule has 0 unspecified atom stereocenters. The number of hydrogen-bond donors (Lipinski definition) is 0. The lowest BCUT2D eigenvalue weighted by Crippen LogP contribution is -2.51. The fraction of sp³-hybridized carbons (Fsp3) is 0.524. The van der Waals surface area contributed by atoms with E-state index in [-0.39, 0.29) is 19.0 Å². The molecule has 1 fully saturated rings. The van der Waals surface area contributed by atoms with Crippen LogP contribution in [0.5, 0.6) is 0 Å². The number of ether oxygens (including phenoxy) is 1. The standard InChI is InChI=1S/C19H25Cl2F3N4O2.C2H4/c1-3-28(25-17(11-20)19(22,23)24)12-18(29)27-8-6-26(7-9-27)15-4-5-16(21)14(10-15)13-30-2;1-2/h4-5,10H,3,6-9,11-13H2,1-2H3;1-2H2/b25-17+;. The Morgan fingerprint density at radius 1 is 1.25 bits per heavy atom. The molecule has 0 saturated carbocycles. The van der Waals surface area contributed by atoms with Crippen LogP contribution in [0.1, 0.15) is 12.5 Å². The fourth-order valence-corrected chi connectivity index (χ4v) is 3.42. The van der Waals surface area contributed by atoms with Crippen LogP contribution < -0.4 is 4.90 Å². The highest BCUT2D eigenvalue weighted by Crippen LogP contribution is 2.25. The van der Waals surface area contributed by atoms with Gasteiger partial charge in [-0.25, -0.2) is 0 Å². The average Bonchev–Trinajstić information content (AvgIpc) is 2.78. The second-order valence-electron chi connectivity index (χ2n) is 6.74. The summed E-state index contributed by atoms with van der Waals surface area (Å²) in [6.45, 7) is 10.1. The van der Waals surface area contributed by atoms with Gasteiger partial charge in [0, 0.05) is 50.5 Å². The maximum atomic E-state index is 12.9. The van der Waals surface area contributed by atoms with Crippen molar-refractivity contribution in [3.63, 3.8) is 0 Å². The monoisotopic (exact) mass is 496 g/mol. The van der Waals surface area contributed by atoms with Gasteiger partial charge in [-0.2, -0.15) is 18.3 Å². The predicted octanol–water partition coefficient (Wildman–Crippen LogP) is 4.42. The molecule has 1 heterocycles. The van der Waals surface area contributed by atoms with E-state index in [1.54, 1.807) is 18.9 Å². The van der Waals surface area contributed by atoms with Gasteiger partial charge in [-0.15, -0.1) is 24.8 Å². The number of hydrogen-bond acceptors (Lipinski definition) is 5. The molecule has 1 aliphatic rings. The van der Waals surface area contributed by atoms with Gasteiger partial charge in [0.05, 0.1) is 12.5 Å². The molecule has 0 aliphatic carbocycles. The Morgan fingerprint density at radius 2 is 1.88 bits per heavy atom. The number of benzene rings is 1. The summed E-state index contributed by atoms with van der Waals surface area (Å²) in [4.78, 5) is 16.3. The number of anilines is 1. The number of nitrogens with zero attached hydrogens (tertiary/aromatic N) is 4. The fourth-order valence-electron chi connectivity index (χ4n) is 3.04. The summed E-state index contributed by atoms with van der Waals surface area (Å²) in [5.41, 5.74) is 0.750. The minimum Gasteiger partial charge on any atom is -0.380 e. The number of methoxy groups -OCH3 is 1. The van der Waals surface area contributed by atoms with Crippen molar-refractivity contribution < 1.29 is 22.7 Å².